The molecule has 1 aromatic carbocycles. The molecule has 0 aliphatic heterocycles. The van der Waals surface area contributed by atoms with Crippen LogP contribution < -0.4 is 15.8 Å². The lowest BCUT2D eigenvalue weighted by atomic mass is 10.1. The van der Waals surface area contributed by atoms with Crippen LogP contribution in [0.3, 0.4) is 0 Å². The minimum absolute atomic E-state index is 0.0385. The van der Waals surface area contributed by atoms with E-state index >= 15 is 0 Å². The van der Waals surface area contributed by atoms with Gasteiger partial charge in [-0.3, -0.25) is 9.00 Å². The Bertz CT molecular complexity index is 491. The van der Waals surface area contributed by atoms with Gasteiger partial charge < -0.3 is 15.8 Å². The van der Waals surface area contributed by atoms with Crippen LogP contribution in [0, 0.1) is 0 Å². The maximum absolute atomic E-state index is 12.1. The van der Waals surface area contributed by atoms with Gasteiger partial charge >= 0.3 is 0 Å². The van der Waals surface area contributed by atoms with Gasteiger partial charge in [0.1, 0.15) is 5.75 Å². The molecule has 1 aromatic rings. The van der Waals surface area contributed by atoms with Crippen LogP contribution >= 0.6 is 0 Å². The van der Waals surface area contributed by atoms with Gasteiger partial charge in [-0.05, 0) is 32.4 Å². The van der Waals surface area contributed by atoms with Crippen LogP contribution in [0.15, 0.2) is 18.2 Å². The Kier molecular flexibility index (Phi) is 6.51. The number of nitrogens with one attached hydrogen (secondary N) is 1. The maximum atomic E-state index is 12.1. The molecule has 0 saturated carbocycles. The van der Waals surface area contributed by atoms with Gasteiger partial charge in [0, 0.05) is 46.2 Å². The molecule has 112 valence electrons. The lowest BCUT2D eigenvalue weighted by Gasteiger charge is -2.14. The van der Waals surface area contributed by atoms with E-state index in [0.717, 1.165) is 0 Å². The fourth-order valence-electron chi connectivity index (χ4n) is 1.73. The molecule has 6 heteroatoms. The number of ether oxygens (including phenoxy) is 1. The first kappa shape index (κ1) is 16.5. The zero-order valence-electron chi connectivity index (χ0n) is 12.1. The van der Waals surface area contributed by atoms with E-state index in [1.807, 2.05) is 13.8 Å². The molecule has 20 heavy (non-hydrogen) atoms. The van der Waals surface area contributed by atoms with E-state index in [9.17, 15) is 9.00 Å². The standard InChI is InChI=1S/C14H22N2O3S/c1-4-19-13-8-11(7-12(15)9-13)14(17)16-10(2)5-6-20(3)18/h7-10H,4-6,15H2,1-3H3,(H,16,17). The van der Waals surface area contributed by atoms with Gasteiger partial charge in [0.15, 0.2) is 0 Å². The predicted molar refractivity (Wildman–Crippen MR) is 82.5 cm³/mol. The summed E-state index contributed by atoms with van der Waals surface area (Å²) in [4.78, 5) is 12.1. The van der Waals surface area contributed by atoms with Crippen molar-refractivity contribution in [1.29, 1.82) is 0 Å². The van der Waals surface area contributed by atoms with E-state index in [4.69, 9.17) is 10.5 Å². The van der Waals surface area contributed by atoms with Crippen molar-refractivity contribution in [3.05, 3.63) is 23.8 Å². The van der Waals surface area contributed by atoms with E-state index in [0.29, 0.717) is 35.8 Å². The first-order valence-electron chi connectivity index (χ1n) is 6.56. The smallest absolute Gasteiger partial charge is 0.251 e. The molecule has 1 rings (SSSR count). The summed E-state index contributed by atoms with van der Waals surface area (Å²) >= 11 is 0. The van der Waals surface area contributed by atoms with E-state index in [1.165, 1.54) is 0 Å². The van der Waals surface area contributed by atoms with Crippen molar-refractivity contribution in [2.75, 3.05) is 24.3 Å². The average molecular weight is 298 g/mol. The van der Waals surface area contributed by atoms with Crippen LogP contribution in [0.25, 0.3) is 0 Å². The Hall–Kier alpha value is -1.56. The molecular formula is C14H22N2O3S. The lowest BCUT2D eigenvalue weighted by Crippen LogP contribution is -2.33. The van der Waals surface area contributed by atoms with Crippen molar-refractivity contribution in [2.24, 2.45) is 0 Å². The van der Waals surface area contributed by atoms with Crippen molar-refractivity contribution in [1.82, 2.24) is 5.32 Å². The first-order chi connectivity index (χ1) is 9.42. The topological polar surface area (TPSA) is 81.4 Å². The molecule has 2 unspecified atom stereocenters. The Morgan fingerprint density at radius 1 is 1.45 bits per heavy atom. The third kappa shape index (κ3) is 5.61. The van der Waals surface area contributed by atoms with Crippen LogP contribution in [0.5, 0.6) is 5.75 Å². The quantitative estimate of drug-likeness (QED) is 0.748. The van der Waals surface area contributed by atoms with Gasteiger partial charge in [0.05, 0.1) is 6.61 Å². The summed E-state index contributed by atoms with van der Waals surface area (Å²) < 4.78 is 16.4. The summed E-state index contributed by atoms with van der Waals surface area (Å²) in [5, 5.41) is 2.86. The summed E-state index contributed by atoms with van der Waals surface area (Å²) in [5.74, 6) is 0.954. The molecule has 0 fully saturated rings. The molecule has 3 N–H and O–H groups in total. The Labute approximate surface area is 122 Å². The molecular weight excluding hydrogens is 276 g/mol. The highest BCUT2D eigenvalue weighted by Crippen LogP contribution is 2.19. The van der Waals surface area contributed by atoms with Crippen LogP contribution in [0.1, 0.15) is 30.6 Å². The van der Waals surface area contributed by atoms with Crippen LogP contribution in [0.4, 0.5) is 5.69 Å². The molecule has 0 spiro atoms. The van der Waals surface area contributed by atoms with E-state index in [1.54, 1.807) is 24.5 Å². The minimum Gasteiger partial charge on any atom is -0.494 e. The number of hydrogen-bond acceptors (Lipinski definition) is 4. The fraction of sp³-hybridized carbons (Fsp3) is 0.500. The molecule has 0 aliphatic rings. The van der Waals surface area contributed by atoms with Crippen molar-refractivity contribution in [2.45, 2.75) is 26.3 Å². The number of nitrogens with two attached hydrogens (primary N) is 1. The fourth-order valence-corrected chi connectivity index (χ4v) is 2.41. The number of carbonyl (C=O) groups excluding carboxylic acids is 1. The second kappa shape index (κ2) is 7.89. The Balaban J connectivity index is 2.69. The van der Waals surface area contributed by atoms with E-state index in [2.05, 4.69) is 5.32 Å². The highest BCUT2D eigenvalue weighted by molar-refractivity contribution is 7.84. The van der Waals surface area contributed by atoms with Crippen LogP contribution in [0.2, 0.25) is 0 Å². The largest absolute Gasteiger partial charge is 0.494 e. The van der Waals surface area contributed by atoms with Crippen molar-refractivity contribution >= 4 is 22.4 Å². The number of hydrogen-bond donors (Lipinski definition) is 2. The van der Waals surface area contributed by atoms with Gasteiger partial charge in [-0.25, -0.2) is 0 Å². The number of amides is 1. The first-order valence-corrected chi connectivity index (χ1v) is 8.29. The van der Waals surface area contributed by atoms with Crippen molar-refractivity contribution in [3.8, 4) is 5.75 Å². The van der Waals surface area contributed by atoms with Crippen LogP contribution in [-0.4, -0.2) is 34.8 Å². The molecule has 0 aliphatic carbocycles. The highest BCUT2D eigenvalue weighted by Gasteiger charge is 2.12. The Morgan fingerprint density at radius 3 is 2.75 bits per heavy atom. The number of benzene rings is 1. The third-order valence-electron chi connectivity index (χ3n) is 2.72. The summed E-state index contributed by atoms with van der Waals surface area (Å²) in [7, 11) is -0.847. The molecule has 0 radical (unpaired) electrons. The molecule has 2 atom stereocenters. The number of nitrogen functional groups attached to an aromatic ring is 1. The molecule has 0 heterocycles. The highest BCUT2D eigenvalue weighted by atomic mass is 32.2. The SMILES string of the molecule is CCOc1cc(N)cc(C(=O)NC(C)CCS(C)=O)c1. The molecule has 1 amide bonds. The summed E-state index contributed by atoms with van der Waals surface area (Å²) in [6.45, 7) is 4.28. The number of carbonyl (C=O) groups is 1. The summed E-state index contributed by atoms with van der Waals surface area (Å²) in [6, 6.07) is 4.93. The lowest BCUT2D eigenvalue weighted by molar-refractivity contribution is 0.0939. The maximum Gasteiger partial charge on any atom is 0.251 e. The third-order valence-corrected chi connectivity index (χ3v) is 3.53. The second-order valence-electron chi connectivity index (χ2n) is 4.66. The minimum atomic E-state index is -0.847. The van der Waals surface area contributed by atoms with Gasteiger partial charge in [0.25, 0.3) is 5.91 Å². The molecule has 5 nitrogen and oxygen atoms in total. The Morgan fingerprint density at radius 2 is 2.15 bits per heavy atom. The van der Waals surface area contributed by atoms with Gasteiger partial charge in [-0.1, -0.05) is 0 Å². The van der Waals surface area contributed by atoms with E-state index in [-0.39, 0.29) is 11.9 Å². The summed E-state index contributed by atoms with van der Waals surface area (Å²) in [6.07, 6.45) is 2.33. The monoisotopic (exact) mass is 298 g/mol. The van der Waals surface area contributed by atoms with Crippen molar-refractivity contribution < 1.29 is 13.7 Å². The number of anilines is 1. The van der Waals surface area contributed by atoms with E-state index < -0.39 is 10.8 Å². The number of rotatable bonds is 7. The van der Waals surface area contributed by atoms with Crippen LogP contribution in [-0.2, 0) is 10.8 Å². The zero-order chi connectivity index (χ0) is 15.1. The second-order valence-corrected chi connectivity index (χ2v) is 6.22. The molecule has 0 aromatic heterocycles. The van der Waals surface area contributed by atoms with Gasteiger partial charge in [-0.2, -0.15) is 0 Å². The average Bonchev–Trinajstić information content (AvgIpc) is 2.36. The zero-order valence-corrected chi connectivity index (χ0v) is 13.0. The molecule has 0 saturated heterocycles. The predicted octanol–water partition coefficient (Wildman–Crippen LogP) is 1.55. The van der Waals surface area contributed by atoms with Gasteiger partial charge in [0.2, 0.25) is 0 Å². The summed E-state index contributed by atoms with van der Waals surface area (Å²) in [5.41, 5.74) is 6.72. The van der Waals surface area contributed by atoms with Gasteiger partial charge in [-0.15, -0.1) is 0 Å². The van der Waals surface area contributed by atoms with Crippen molar-refractivity contribution in [3.63, 3.8) is 0 Å². The normalized spacial score (nSPS) is 13.6. The molecule has 0 bridgehead atoms.